The number of pyridine rings is 2. The van der Waals surface area contributed by atoms with Gasteiger partial charge in [0.25, 0.3) is 11.8 Å². The maximum atomic E-state index is 12.7. The monoisotopic (exact) mass is 381 g/mol. The molecule has 2 aromatic rings. The fraction of sp³-hybridized carbons (Fsp3) is 0.429. The van der Waals surface area contributed by atoms with E-state index in [9.17, 15) is 9.59 Å². The van der Waals surface area contributed by atoms with Crippen molar-refractivity contribution in [2.45, 2.75) is 32.7 Å². The van der Waals surface area contributed by atoms with Crippen LogP contribution in [0.2, 0.25) is 0 Å². The molecule has 0 aliphatic carbocycles. The SMILES string of the molecule is CCN(CC)c1ccc(C(=O)N2CCC(NC(=O)c3cccnc3)CC2)cn1. The molecular formula is C21H27N5O2. The van der Waals surface area contributed by atoms with Crippen LogP contribution in [0.1, 0.15) is 47.4 Å². The van der Waals surface area contributed by atoms with Gasteiger partial charge < -0.3 is 15.1 Å². The molecule has 1 N–H and O–H groups in total. The van der Waals surface area contributed by atoms with Gasteiger partial charge in [-0.1, -0.05) is 0 Å². The van der Waals surface area contributed by atoms with Crippen molar-refractivity contribution >= 4 is 17.6 Å². The quantitative estimate of drug-likeness (QED) is 0.831. The summed E-state index contributed by atoms with van der Waals surface area (Å²) in [5, 5.41) is 3.03. The standard InChI is InChI=1S/C21H27N5O2/c1-3-25(4-2)19-8-7-17(15-23-19)21(28)26-12-9-18(10-13-26)24-20(27)16-6-5-11-22-14-16/h5-8,11,14-15,18H,3-4,9-10,12-13H2,1-2H3,(H,24,27). The number of hydrogen-bond acceptors (Lipinski definition) is 5. The molecule has 2 amide bonds. The number of nitrogens with one attached hydrogen (secondary N) is 1. The predicted octanol–water partition coefficient (Wildman–Crippen LogP) is 2.36. The molecule has 0 saturated carbocycles. The molecule has 0 unspecified atom stereocenters. The molecular weight excluding hydrogens is 354 g/mol. The normalized spacial score (nSPS) is 14.6. The Balaban J connectivity index is 1.53. The second kappa shape index (κ2) is 9.30. The van der Waals surface area contributed by atoms with Crippen LogP contribution in [-0.4, -0.2) is 58.9 Å². The number of amides is 2. The van der Waals surface area contributed by atoms with Gasteiger partial charge in [-0.25, -0.2) is 4.98 Å². The second-order valence-corrected chi connectivity index (χ2v) is 6.86. The number of likely N-dealkylation sites (tertiary alicyclic amines) is 1. The summed E-state index contributed by atoms with van der Waals surface area (Å²) in [5.74, 6) is 0.767. The smallest absolute Gasteiger partial charge is 0.255 e. The van der Waals surface area contributed by atoms with Gasteiger partial charge in [0.05, 0.1) is 11.1 Å². The molecule has 7 heteroatoms. The first kappa shape index (κ1) is 19.8. The van der Waals surface area contributed by atoms with Crippen molar-refractivity contribution in [3.05, 3.63) is 54.0 Å². The van der Waals surface area contributed by atoms with E-state index in [1.54, 1.807) is 30.7 Å². The largest absolute Gasteiger partial charge is 0.357 e. The lowest BCUT2D eigenvalue weighted by Crippen LogP contribution is -2.46. The average molecular weight is 381 g/mol. The van der Waals surface area contributed by atoms with Gasteiger partial charge in [0, 0.05) is 50.8 Å². The summed E-state index contributed by atoms with van der Waals surface area (Å²) >= 11 is 0. The molecule has 0 radical (unpaired) electrons. The molecule has 1 saturated heterocycles. The summed E-state index contributed by atoms with van der Waals surface area (Å²) in [6.07, 6.45) is 6.34. The highest BCUT2D eigenvalue weighted by molar-refractivity contribution is 5.95. The van der Waals surface area contributed by atoms with E-state index in [0.717, 1.165) is 31.7 Å². The summed E-state index contributed by atoms with van der Waals surface area (Å²) in [7, 11) is 0. The number of rotatable bonds is 6. The molecule has 0 atom stereocenters. The molecule has 7 nitrogen and oxygen atoms in total. The van der Waals surface area contributed by atoms with E-state index in [2.05, 4.69) is 34.0 Å². The first-order valence-electron chi connectivity index (χ1n) is 9.83. The molecule has 0 bridgehead atoms. The summed E-state index contributed by atoms with van der Waals surface area (Å²) in [6, 6.07) is 7.31. The van der Waals surface area contributed by atoms with Crippen molar-refractivity contribution in [3.63, 3.8) is 0 Å². The van der Waals surface area contributed by atoms with Gasteiger partial charge in [-0.15, -0.1) is 0 Å². The van der Waals surface area contributed by atoms with Crippen molar-refractivity contribution < 1.29 is 9.59 Å². The summed E-state index contributed by atoms with van der Waals surface area (Å²) < 4.78 is 0. The van der Waals surface area contributed by atoms with Crippen LogP contribution in [0.3, 0.4) is 0 Å². The number of anilines is 1. The number of aromatic nitrogens is 2. The van der Waals surface area contributed by atoms with E-state index in [-0.39, 0.29) is 17.9 Å². The van der Waals surface area contributed by atoms with Gasteiger partial charge in [-0.2, -0.15) is 0 Å². The lowest BCUT2D eigenvalue weighted by molar-refractivity contribution is 0.0697. The first-order valence-corrected chi connectivity index (χ1v) is 9.83. The minimum atomic E-state index is -0.117. The fourth-order valence-corrected chi connectivity index (χ4v) is 3.42. The number of piperidine rings is 1. The Kier molecular flexibility index (Phi) is 6.57. The average Bonchev–Trinajstić information content (AvgIpc) is 2.76. The number of carbonyl (C=O) groups is 2. The van der Waals surface area contributed by atoms with Crippen LogP contribution in [0.25, 0.3) is 0 Å². The molecule has 1 aliphatic heterocycles. The fourth-order valence-electron chi connectivity index (χ4n) is 3.42. The zero-order valence-corrected chi connectivity index (χ0v) is 16.5. The van der Waals surface area contributed by atoms with E-state index in [4.69, 9.17) is 0 Å². The molecule has 28 heavy (non-hydrogen) atoms. The van der Waals surface area contributed by atoms with E-state index in [1.165, 1.54) is 0 Å². The molecule has 3 rings (SSSR count). The van der Waals surface area contributed by atoms with Gasteiger partial charge >= 0.3 is 0 Å². The number of carbonyl (C=O) groups excluding carboxylic acids is 2. The van der Waals surface area contributed by atoms with Gasteiger partial charge in [-0.05, 0) is 51.0 Å². The van der Waals surface area contributed by atoms with E-state index < -0.39 is 0 Å². The van der Waals surface area contributed by atoms with E-state index >= 15 is 0 Å². The molecule has 1 aliphatic rings. The van der Waals surface area contributed by atoms with Gasteiger partial charge in [-0.3, -0.25) is 14.6 Å². The van der Waals surface area contributed by atoms with E-state index in [0.29, 0.717) is 24.2 Å². The molecule has 2 aromatic heterocycles. The van der Waals surface area contributed by atoms with Crippen molar-refractivity contribution in [2.24, 2.45) is 0 Å². The topological polar surface area (TPSA) is 78.4 Å². The first-order chi connectivity index (χ1) is 13.6. The van der Waals surface area contributed by atoms with Crippen molar-refractivity contribution in [1.82, 2.24) is 20.2 Å². The van der Waals surface area contributed by atoms with Crippen LogP contribution in [0, 0.1) is 0 Å². The Hall–Kier alpha value is -2.96. The summed E-state index contributed by atoms with van der Waals surface area (Å²) in [4.78, 5) is 37.4. The highest BCUT2D eigenvalue weighted by Crippen LogP contribution is 2.16. The minimum Gasteiger partial charge on any atom is -0.357 e. The molecule has 0 spiro atoms. The van der Waals surface area contributed by atoms with Crippen LogP contribution in [0.5, 0.6) is 0 Å². The Morgan fingerprint density at radius 1 is 1.11 bits per heavy atom. The Labute approximate surface area is 165 Å². The Morgan fingerprint density at radius 3 is 2.43 bits per heavy atom. The highest BCUT2D eigenvalue weighted by Gasteiger charge is 2.25. The third-order valence-electron chi connectivity index (χ3n) is 5.12. The molecule has 3 heterocycles. The van der Waals surface area contributed by atoms with Gasteiger partial charge in [0.15, 0.2) is 0 Å². The zero-order chi connectivity index (χ0) is 19.9. The molecule has 0 aromatic carbocycles. The highest BCUT2D eigenvalue weighted by atomic mass is 16.2. The Bertz CT molecular complexity index is 782. The second-order valence-electron chi connectivity index (χ2n) is 6.86. The lowest BCUT2D eigenvalue weighted by Gasteiger charge is -2.32. The lowest BCUT2D eigenvalue weighted by atomic mass is 10.0. The third kappa shape index (κ3) is 4.65. The maximum absolute atomic E-state index is 12.7. The minimum absolute atomic E-state index is 0.00404. The van der Waals surface area contributed by atoms with Crippen LogP contribution >= 0.6 is 0 Å². The Morgan fingerprint density at radius 2 is 1.86 bits per heavy atom. The van der Waals surface area contributed by atoms with Gasteiger partial charge in [0.2, 0.25) is 0 Å². The molecule has 1 fully saturated rings. The van der Waals surface area contributed by atoms with Crippen LogP contribution in [0.15, 0.2) is 42.9 Å². The predicted molar refractivity (Wildman–Crippen MR) is 108 cm³/mol. The van der Waals surface area contributed by atoms with Crippen molar-refractivity contribution in [2.75, 3.05) is 31.1 Å². The van der Waals surface area contributed by atoms with Crippen molar-refractivity contribution in [3.8, 4) is 0 Å². The maximum Gasteiger partial charge on any atom is 0.255 e. The molecule has 148 valence electrons. The number of nitrogens with zero attached hydrogens (tertiary/aromatic N) is 4. The number of hydrogen-bond donors (Lipinski definition) is 1. The van der Waals surface area contributed by atoms with Crippen LogP contribution in [-0.2, 0) is 0 Å². The zero-order valence-electron chi connectivity index (χ0n) is 16.5. The van der Waals surface area contributed by atoms with Gasteiger partial charge in [0.1, 0.15) is 5.82 Å². The van der Waals surface area contributed by atoms with Crippen LogP contribution < -0.4 is 10.2 Å². The van der Waals surface area contributed by atoms with Crippen molar-refractivity contribution in [1.29, 1.82) is 0 Å². The van der Waals surface area contributed by atoms with Crippen LogP contribution in [0.4, 0.5) is 5.82 Å². The third-order valence-corrected chi connectivity index (χ3v) is 5.12. The summed E-state index contributed by atoms with van der Waals surface area (Å²) in [6.45, 7) is 7.18. The van der Waals surface area contributed by atoms with E-state index in [1.807, 2.05) is 17.0 Å². The summed E-state index contributed by atoms with van der Waals surface area (Å²) in [5.41, 5.74) is 1.16.